The number of carbonyl (C=O) groups is 9. The molecule has 0 unspecified atom stereocenters. The molecule has 0 heterocycles. The number of carbonyl (C=O) groups excluding carboxylic acids is 10. The Morgan fingerprint density at radius 1 is 0.306 bits per heavy atom. The normalized spacial score (nSPS) is 12.6. The van der Waals surface area contributed by atoms with Crippen molar-refractivity contribution in [2.75, 3.05) is 45.4 Å². The number of aldehydes is 3. The van der Waals surface area contributed by atoms with Crippen molar-refractivity contribution in [2.45, 2.75) is 118 Å². The predicted octanol–water partition coefficient (Wildman–Crippen LogP) is 14.9. The van der Waals surface area contributed by atoms with E-state index in [1.807, 2.05) is 200 Å². The second-order valence-corrected chi connectivity index (χ2v) is 35.5. The Kier molecular flexibility index (Phi) is 77.1. The Hall–Kier alpha value is -11.3. The fourth-order valence-corrected chi connectivity index (χ4v) is 19.0. The number of ether oxygens (including phenoxy) is 5. The molecule has 134 heavy (non-hydrogen) atoms. The molecule has 17 nitrogen and oxygen atoms in total. The molecule has 0 spiro atoms. The van der Waals surface area contributed by atoms with Gasteiger partial charge in [-0.1, -0.05) is 296 Å². The molecule has 0 bridgehead atoms. The zero-order chi connectivity index (χ0) is 96.6. The summed E-state index contributed by atoms with van der Waals surface area (Å²) < 4.78 is 25.1. The molecule has 0 aliphatic heterocycles. The fourth-order valence-electron chi connectivity index (χ4n) is 10.9. The van der Waals surface area contributed by atoms with Crippen LogP contribution in [0.2, 0.25) is 0 Å². The van der Waals surface area contributed by atoms with Crippen molar-refractivity contribution in [3.8, 4) is 0 Å². The van der Waals surface area contributed by atoms with Crippen molar-refractivity contribution in [1.82, 2.24) is 0 Å². The van der Waals surface area contributed by atoms with Gasteiger partial charge in [0.05, 0.1) is 45.2 Å². The molecule has 698 valence electrons. The van der Waals surface area contributed by atoms with Crippen LogP contribution in [0.4, 0.5) is 0 Å². The Morgan fingerprint density at radius 2 is 0.552 bits per heavy atom. The van der Waals surface area contributed by atoms with Gasteiger partial charge in [-0.25, -0.2) is 30.0 Å². The topological polar surface area (TPSA) is 270 Å². The molecule has 6 aromatic rings. The van der Waals surface area contributed by atoms with Crippen molar-refractivity contribution in [2.24, 2.45) is 0 Å². The molecular formula is C112H130BrNa2O17P2+. The van der Waals surface area contributed by atoms with E-state index in [0.717, 1.165) is 59.0 Å². The minimum absolute atomic E-state index is 0. The standard InChI is InChI=1S/C25H26O2P.C22H22O2P.C21H28O4.C17H19O3.C17H22O3.C10H12O2.BrH.2Na.H2O/c1-3-27-25(26)21(2)19-20-28(22-13-7-4-8-14-22,23-15-9-5-10-16-23)24-17-11-6-12-18-24;1-2-24-22(23)18-25(19-12-6-3-7-13-19,20-14-8-4-9-15-20)21-16-10-5-11-17-21;1-6-24-20(22)16-15-18(4)12-9-8-11-17(3)13-10-14-19(5)21(23)25-7-2;1-14(9-6-10-16(3)13-18)7-4-5-8-15(2)11-12-17(19)20;1-5-20-17(19)16(4)12-8-11-14(2)9-6-7-10-15(3)13-18;1-9(7-11)5-3-4-6-10(2)8-12;;;;/h4-19H,3,20H2,1-2H3;3-17H,2,18H2,1H3;8-16H,6-7H2,1-5H3;4-12H,1-3H3,(H,19,20);6-13H,5H2,1-4H3;3-8H,1-2H3;1H;;;1H2/q2*+1;;-1;;;;2*+1;/p-2/b21-19+;;9-8+,13-10+,16-15+,17-11+,18-12+,19-14+;5-4+,9-6+,12-11+,14-7+,15-8+,16-10+;7-6+,11-8+,14-9+,15-10+,16-12+;4-3+,9-5+,10-6+;;;;. The molecule has 0 atom stereocenters. The van der Waals surface area contributed by atoms with Crippen LogP contribution >= 0.6 is 31.5 Å². The van der Waals surface area contributed by atoms with E-state index in [1.165, 1.54) is 44.0 Å². The van der Waals surface area contributed by atoms with E-state index in [-0.39, 0.29) is 111 Å². The van der Waals surface area contributed by atoms with Crippen molar-refractivity contribution in [3.63, 3.8) is 0 Å². The molecule has 6 rings (SSSR count). The minimum atomic E-state index is -2.11. The van der Waals surface area contributed by atoms with Gasteiger partial charge in [0.25, 0.3) is 0 Å². The molecule has 0 aliphatic carbocycles. The van der Waals surface area contributed by atoms with Crippen LogP contribution in [0.3, 0.4) is 0 Å². The summed E-state index contributed by atoms with van der Waals surface area (Å²) in [5.41, 5.74) is 9.17. The Balaban J connectivity index is -0.000000763. The Morgan fingerprint density at radius 3 is 0.813 bits per heavy atom. The smallest absolute Gasteiger partial charge is 0.870 e. The molecule has 0 saturated heterocycles. The molecule has 6 aromatic carbocycles. The van der Waals surface area contributed by atoms with Gasteiger partial charge in [-0.3, -0.25) is 14.4 Å². The van der Waals surface area contributed by atoms with Crippen molar-refractivity contribution in [3.05, 3.63) is 431 Å². The maximum Gasteiger partial charge on any atom is 1.00 e. The Labute approximate surface area is 852 Å². The minimum Gasteiger partial charge on any atom is -0.870 e. The van der Waals surface area contributed by atoms with Gasteiger partial charge in [0.1, 0.15) is 65.2 Å². The van der Waals surface area contributed by atoms with Crippen LogP contribution in [0, 0.1) is 0 Å². The van der Waals surface area contributed by atoms with E-state index >= 15 is 0 Å². The van der Waals surface area contributed by atoms with Crippen LogP contribution in [0.1, 0.15) is 118 Å². The van der Waals surface area contributed by atoms with Gasteiger partial charge < -0.3 is 43.9 Å². The van der Waals surface area contributed by atoms with Gasteiger partial charge in [0, 0.05) is 22.8 Å². The first-order valence-electron chi connectivity index (χ1n) is 42.6. The maximum absolute atomic E-state index is 12.6. The number of carboxylic acid groups (broad SMARTS) is 1. The summed E-state index contributed by atoms with van der Waals surface area (Å²) in [6.07, 6.45) is 58.2. The van der Waals surface area contributed by atoms with Gasteiger partial charge in [0.2, 0.25) is 0 Å². The third kappa shape index (κ3) is 56.6. The first kappa shape index (κ1) is 129. The van der Waals surface area contributed by atoms with Gasteiger partial charge in [-0.15, -0.1) is 23.1 Å². The molecule has 0 saturated carbocycles. The molecule has 22 heteroatoms. The zero-order valence-corrected chi connectivity index (χ0v) is 88.6. The monoisotopic (exact) mass is 1930 g/mol. The van der Waals surface area contributed by atoms with Crippen molar-refractivity contribution >= 4 is 124 Å². The second kappa shape index (κ2) is 80.1. The number of esters is 5. The molecule has 0 aliphatic rings. The molecule has 0 aromatic heterocycles. The van der Waals surface area contributed by atoms with Gasteiger partial charge in [-0.2, -0.15) is 5.57 Å². The number of allylic oxidation sites excluding steroid dienone is 37. The number of carboxylic acids is 1. The summed E-state index contributed by atoms with van der Waals surface area (Å²) >= 11 is 0. The van der Waals surface area contributed by atoms with Crippen LogP contribution < -0.4 is 96.0 Å². The molecule has 0 amide bonds. The molecule has 0 radical (unpaired) electrons. The SMILES string of the molecule is Br.CCOC(=O)/C(C)=C/C=C/C(C)=C/C=C/C=C(\C)C=O.CCOC(=O)/C(C)=C/C[P+](c1ccccc1)(c1ccccc1)c1ccccc1.CCOC(=O)/C=C/C(C)=C/C=C/C=C(C)/C=C/C=C(\C)C(=O)OCC.CCOC(=O)C[P+](c1ccccc1)(c1ccccc1)c1ccccc1.C\C(C=O)=C/C=C/C=C(\C)C=O.C\C([C-]=O)=C/C=C/C(C)=C/C=C/C=C(C)/C=C/C(=O)[O-].[Na+].[Na+].[OH-]. The number of hydrogen-bond acceptors (Lipinski definition) is 17. The third-order valence-electron chi connectivity index (χ3n) is 17.7. The summed E-state index contributed by atoms with van der Waals surface area (Å²) in [5.74, 6) is -2.54. The van der Waals surface area contributed by atoms with E-state index in [0.29, 0.717) is 78.2 Å². The summed E-state index contributed by atoms with van der Waals surface area (Å²) in [4.78, 5) is 110. The second-order valence-electron chi connectivity index (χ2n) is 28.5. The summed E-state index contributed by atoms with van der Waals surface area (Å²) in [6.45, 7) is 32.6. The average Bonchev–Trinajstić information content (AvgIpc) is 0.762. The van der Waals surface area contributed by atoms with E-state index < -0.39 is 20.5 Å². The molecule has 0 fully saturated rings. The van der Waals surface area contributed by atoms with Crippen LogP contribution in [0.5, 0.6) is 0 Å². The summed E-state index contributed by atoms with van der Waals surface area (Å²) in [7, 11) is -4.06. The number of halogens is 1. The number of aliphatic carboxylic acids is 1. The quantitative estimate of drug-likeness (QED) is 0.00505. The summed E-state index contributed by atoms with van der Waals surface area (Å²) in [5, 5.41) is 17.7. The van der Waals surface area contributed by atoms with E-state index in [4.69, 9.17) is 23.7 Å². The van der Waals surface area contributed by atoms with Gasteiger partial charge in [-0.05, 0) is 219 Å². The van der Waals surface area contributed by atoms with Gasteiger partial charge in [0.15, 0.2) is 6.16 Å². The largest absolute Gasteiger partial charge is 1.00 e. The van der Waals surface area contributed by atoms with E-state index in [1.54, 1.807) is 155 Å². The third-order valence-corrected chi connectivity index (χ3v) is 26.3. The van der Waals surface area contributed by atoms with Crippen LogP contribution in [0.25, 0.3) is 0 Å². The van der Waals surface area contributed by atoms with Crippen molar-refractivity contribution in [1.29, 1.82) is 0 Å². The van der Waals surface area contributed by atoms with E-state index in [2.05, 4.69) is 115 Å². The Bertz CT molecular complexity index is 5010. The first-order chi connectivity index (χ1) is 62.5. The predicted molar refractivity (Wildman–Crippen MR) is 552 cm³/mol. The maximum atomic E-state index is 12.6. The van der Waals surface area contributed by atoms with Crippen LogP contribution in [-0.2, 0) is 71.6 Å². The summed E-state index contributed by atoms with van der Waals surface area (Å²) in [6, 6.07) is 63.1. The number of rotatable bonds is 40. The first-order valence-corrected chi connectivity index (χ1v) is 46.5. The van der Waals surface area contributed by atoms with Gasteiger partial charge >= 0.3 is 89.0 Å². The zero-order valence-electron chi connectivity index (χ0n) is 81.1. The van der Waals surface area contributed by atoms with E-state index in [9.17, 15) is 53.1 Å². The van der Waals surface area contributed by atoms with Crippen LogP contribution in [-0.4, -0.2) is 112 Å². The number of hydrogen-bond donors (Lipinski definition) is 0. The molecule has 1 N–H and O–H groups in total. The number of benzene rings is 6. The average molecular weight is 1940 g/mol. The molecular weight excluding hydrogens is 1810 g/mol. The van der Waals surface area contributed by atoms with Crippen molar-refractivity contribution < 1.29 is 141 Å². The van der Waals surface area contributed by atoms with Crippen LogP contribution in [0.15, 0.2) is 431 Å². The fraction of sp³-hybridized carbons (Fsp3) is 0.214.